The van der Waals surface area contributed by atoms with Gasteiger partial charge in [0.05, 0.1) is 11.6 Å². The fraction of sp³-hybridized carbons (Fsp3) is 0.0769. The van der Waals surface area contributed by atoms with Crippen molar-refractivity contribution < 1.29 is 9.59 Å². The number of Topliss-reactive ketones (excluding diaryl/α,β-unsaturated/α-hetero) is 1. The fourth-order valence-electron chi connectivity index (χ4n) is 1.52. The molecule has 1 aromatic heterocycles. The second-order valence-electron chi connectivity index (χ2n) is 3.69. The van der Waals surface area contributed by atoms with E-state index in [9.17, 15) is 9.59 Å². The number of ketones is 2. The summed E-state index contributed by atoms with van der Waals surface area (Å²) in [6.45, 7) is 0. The average molecular weight is 282 g/mol. The van der Waals surface area contributed by atoms with Crippen LogP contribution in [-0.2, 0) is 0 Å². The monoisotopic (exact) mass is 281 g/mol. The number of aromatic amines is 1. The number of carbonyl (C=O) groups excluding carboxylic acids is 2. The van der Waals surface area contributed by atoms with Crippen molar-refractivity contribution in [3.8, 4) is 0 Å². The lowest BCUT2D eigenvalue weighted by Gasteiger charge is -1.98. The third-order valence-electron chi connectivity index (χ3n) is 2.48. The number of hydrogen-bond acceptors (Lipinski definition) is 2. The minimum Gasteiger partial charge on any atom is -0.358 e. The first-order valence-corrected chi connectivity index (χ1v) is 6.11. The number of hydrogen-bond donors (Lipinski definition) is 1. The maximum atomic E-state index is 12.1. The Morgan fingerprint density at radius 3 is 2.39 bits per heavy atom. The summed E-state index contributed by atoms with van der Waals surface area (Å²) in [5.74, 6) is -0.518. The topological polar surface area (TPSA) is 49.9 Å². The molecule has 0 aliphatic heterocycles. The van der Waals surface area contributed by atoms with E-state index in [1.165, 1.54) is 12.3 Å². The van der Waals surface area contributed by atoms with Crippen molar-refractivity contribution in [3.63, 3.8) is 0 Å². The molecular weight excluding hydrogens is 273 g/mol. The normalized spacial score (nSPS) is 10.3. The smallest absolute Gasteiger partial charge is 0.209 e. The Labute approximate surface area is 114 Å². The van der Waals surface area contributed by atoms with E-state index < -0.39 is 0 Å². The van der Waals surface area contributed by atoms with Gasteiger partial charge < -0.3 is 4.98 Å². The van der Waals surface area contributed by atoms with Crippen molar-refractivity contribution in [2.75, 3.05) is 5.88 Å². The van der Waals surface area contributed by atoms with Crippen molar-refractivity contribution in [1.29, 1.82) is 0 Å². The summed E-state index contributed by atoms with van der Waals surface area (Å²) in [7, 11) is 0. The molecule has 0 fully saturated rings. The van der Waals surface area contributed by atoms with E-state index in [1.807, 2.05) is 0 Å². The van der Waals surface area contributed by atoms with Crippen LogP contribution < -0.4 is 0 Å². The Kier molecular flexibility index (Phi) is 3.84. The van der Waals surface area contributed by atoms with Gasteiger partial charge in [0.25, 0.3) is 0 Å². The van der Waals surface area contributed by atoms with Crippen molar-refractivity contribution in [3.05, 3.63) is 58.4 Å². The zero-order chi connectivity index (χ0) is 13.1. The van der Waals surface area contributed by atoms with Gasteiger partial charge in [-0.05, 0) is 30.3 Å². The number of halogens is 2. The predicted molar refractivity (Wildman–Crippen MR) is 70.7 cm³/mol. The Balaban J connectivity index is 2.26. The molecular formula is C13H9Cl2NO2. The van der Waals surface area contributed by atoms with Gasteiger partial charge in [0, 0.05) is 22.3 Å². The van der Waals surface area contributed by atoms with Crippen LogP contribution in [0.2, 0.25) is 5.02 Å². The molecule has 0 radical (unpaired) electrons. The largest absolute Gasteiger partial charge is 0.358 e. The SMILES string of the molecule is O=C(CCl)c1c[nH]c(C(=O)c2ccc(Cl)cc2)c1. The molecule has 92 valence electrons. The minimum atomic E-state index is -0.219. The molecule has 0 saturated heterocycles. The number of aromatic nitrogens is 1. The highest BCUT2D eigenvalue weighted by Crippen LogP contribution is 2.14. The molecule has 0 spiro atoms. The highest BCUT2D eigenvalue weighted by Gasteiger charge is 2.13. The van der Waals surface area contributed by atoms with Crippen LogP contribution in [0.3, 0.4) is 0 Å². The zero-order valence-corrected chi connectivity index (χ0v) is 10.8. The van der Waals surface area contributed by atoms with Gasteiger partial charge in [-0.2, -0.15) is 0 Å². The number of nitrogens with one attached hydrogen (secondary N) is 1. The number of benzene rings is 1. The molecule has 3 nitrogen and oxygen atoms in total. The van der Waals surface area contributed by atoms with Crippen molar-refractivity contribution in [2.24, 2.45) is 0 Å². The summed E-state index contributed by atoms with van der Waals surface area (Å²) in [5, 5.41) is 0.566. The van der Waals surface area contributed by atoms with E-state index in [0.29, 0.717) is 21.8 Å². The van der Waals surface area contributed by atoms with Gasteiger partial charge in [-0.15, -0.1) is 11.6 Å². The average Bonchev–Trinajstić information content (AvgIpc) is 2.87. The van der Waals surface area contributed by atoms with E-state index in [-0.39, 0.29) is 17.4 Å². The Hall–Kier alpha value is -1.58. The Morgan fingerprint density at radius 2 is 1.78 bits per heavy atom. The predicted octanol–water partition coefficient (Wildman–Crippen LogP) is 3.32. The highest BCUT2D eigenvalue weighted by atomic mass is 35.5. The molecule has 1 heterocycles. The summed E-state index contributed by atoms with van der Waals surface area (Å²) in [6, 6.07) is 8.05. The second kappa shape index (κ2) is 5.38. The van der Waals surface area contributed by atoms with Crippen LogP contribution in [0.5, 0.6) is 0 Å². The molecule has 1 N–H and O–H groups in total. The third-order valence-corrected chi connectivity index (χ3v) is 2.97. The molecule has 1 aromatic carbocycles. The van der Waals surface area contributed by atoms with Crippen LogP contribution in [0.4, 0.5) is 0 Å². The molecule has 0 amide bonds. The number of carbonyl (C=O) groups is 2. The Morgan fingerprint density at radius 1 is 1.11 bits per heavy atom. The van der Waals surface area contributed by atoms with Gasteiger partial charge in [-0.25, -0.2) is 0 Å². The van der Waals surface area contributed by atoms with Crippen LogP contribution in [0.1, 0.15) is 26.4 Å². The highest BCUT2D eigenvalue weighted by molar-refractivity contribution is 6.31. The molecule has 0 atom stereocenters. The van der Waals surface area contributed by atoms with E-state index in [1.54, 1.807) is 24.3 Å². The third kappa shape index (κ3) is 2.63. The maximum absolute atomic E-state index is 12.1. The van der Waals surface area contributed by atoms with E-state index in [0.717, 1.165) is 0 Å². The van der Waals surface area contributed by atoms with Gasteiger partial charge in [0.15, 0.2) is 5.78 Å². The molecule has 0 aliphatic carbocycles. The fourth-order valence-corrected chi connectivity index (χ4v) is 1.80. The van der Waals surface area contributed by atoms with Gasteiger partial charge in [-0.1, -0.05) is 11.6 Å². The first-order chi connectivity index (χ1) is 8.61. The zero-order valence-electron chi connectivity index (χ0n) is 9.24. The van der Waals surface area contributed by atoms with Gasteiger partial charge in [-0.3, -0.25) is 9.59 Å². The molecule has 2 rings (SSSR count). The molecule has 0 aliphatic rings. The molecule has 0 bridgehead atoms. The molecule has 2 aromatic rings. The van der Waals surface area contributed by atoms with Crippen LogP contribution in [0, 0.1) is 0 Å². The van der Waals surface area contributed by atoms with Crippen molar-refractivity contribution in [1.82, 2.24) is 4.98 Å². The standard InChI is InChI=1S/C13H9Cl2NO2/c14-6-12(17)9-5-11(16-7-9)13(18)8-1-3-10(15)4-2-8/h1-5,7,16H,6H2. The minimum absolute atomic E-state index is 0.105. The summed E-state index contributed by atoms with van der Waals surface area (Å²) in [5.41, 5.74) is 1.26. The van der Waals surface area contributed by atoms with Gasteiger partial charge in [0.1, 0.15) is 0 Å². The van der Waals surface area contributed by atoms with Crippen LogP contribution >= 0.6 is 23.2 Å². The van der Waals surface area contributed by atoms with Crippen molar-refractivity contribution >= 4 is 34.8 Å². The van der Waals surface area contributed by atoms with E-state index >= 15 is 0 Å². The number of H-pyrrole nitrogens is 1. The van der Waals surface area contributed by atoms with Crippen LogP contribution in [0.25, 0.3) is 0 Å². The van der Waals surface area contributed by atoms with Crippen LogP contribution in [0.15, 0.2) is 36.5 Å². The van der Waals surface area contributed by atoms with E-state index in [4.69, 9.17) is 23.2 Å². The van der Waals surface area contributed by atoms with Crippen LogP contribution in [-0.4, -0.2) is 22.4 Å². The van der Waals surface area contributed by atoms with Gasteiger partial charge >= 0.3 is 0 Å². The number of rotatable bonds is 4. The number of alkyl halides is 1. The molecule has 0 unspecified atom stereocenters. The van der Waals surface area contributed by atoms with Crippen molar-refractivity contribution in [2.45, 2.75) is 0 Å². The first kappa shape index (κ1) is 12.9. The molecule has 0 saturated carbocycles. The second-order valence-corrected chi connectivity index (χ2v) is 4.40. The summed E-state index contributed by atoms with van der Waals surface area (Å²) < 4.78 is 0. The summed E-state index contributed by atoms with van der Waals surface area (Å²) in [4.78, 5) is 26.2. The molecule has 5 heteroatoms. The lowest BCUT2D eigenvalue weighted by atomic mass is 10.1. The first-order valence-electron chi connectivity index (χ1n) is 5.19. The molecule has 18 heavy (non-hydrogen) atoms. The Bertz CT molecular complexity index is 587. The van der Waals surface area contributed by atoms with Gasteiger partial charge in [0.2, 0.25) is 5.78 Å². The maximum Gasteiger partial charge on any atom is 0.209 e. The summed E-state index contributed by atoms with van der Waals surface area (Å²) >= 11 is 11.2. The lowest BCUT2D eigenvalue weighted by Crippen LogP contribution is -2.01. The lowest BCUT2D eigenvalue weighted by molar-refractivity contribution is 0.102. The quantitative estimate of drug-likeness (QED) is 0.690. The van der Waals surface area contributed by atoms with E-state index in [2.05, 4.69) is 4.98 Å². The summed E-state index contributed by atoms with van der Waals surface area (Å²) in [6.07, 6.45) is 1.48.